The molecule has 10 rings (SSSR count). The second kappa shape index (κ2) is 24.8. The van der Waals surface area contributed by atoms with Crippen LogP contribution in [0.4, 0.5) is 0 Å². The van der Waals surface area contributed by atoms with Gasteiger partial charge in [-0.1, -0.05) is 51.5 Å². The molecule has 0 aromatic carbocycles. The van der Waals surface area contributed by atoms with Crippen molar-refractivity contribution in [3.8, 4) is 0 Å². The third-order valence-corrected chi connectivity index (χ3v) is 22.6. The molecule has 490 valence electrons. The van der Waals surface area contributed by atoms with Gasteiger partial charge in [0.1, 0.15) is 104 Å². The van der Waals surface area contributed by atoms with Gasteiger partial charge in [0.2, 0.25) is 6.29 Å². The number of allylic oxidation sites excluding steroid dienone is 3. The number of carboxylic acids is 1. The molecule has 5 heterocycles. The van der Waals surface area contributed by atoms with Crippen LogP contribution in [0.2, 0.25) is 0 Å². The number of carboxylic acid groups (broad SMARTS) is 1. The van der Waals surface area contributed by atoms with Crippen molar-refractivity contribution in [1.82, 2.24) is 0 Å². The summed E-state index contributed by atoms with van der Waals surface area (Å²) in [5.41, 5.74) is -1.15. The fourth-order valence-corrected chi connectivity index (χ4v) is 17.2. The van der Waals surface area contributed by atoms with Gasteiger partial charge in [0.15, 0.2) is 31.3 Å². The quantitative estimate of drug-likeness (QED) is 0.0448. The molecule has 86 heavy (non-hydrogen) atoms. The van der Waals surface area contributed by atoms with Crippen LogP contribution < -0.4 is 0 Å². The number of aliphatic hydroxyl groups is 15. The third-order valence-electron chi connectivity index (χ3n) is 22.6. The molecule has 5 aliphatic carbocycles. The highest BCUT2D eigenvalue weighted by Crippen LogP contribution is 2.75. The van der Waals surface area contributed by atoms with Crippen molar-refractivity contribution in [2.45, 2.75) is 252 Å². The third kappa shape index (κ3) is 10.9. The molecule has 0 bridgehead atoms. The van der Waals surface area contributed by atoms with E-state index in [4.69, 9.17) is 47.4 Å². The predicted octanol–water partition coefficient (Wildman–Crippen LogP) is -3.95. The zero-order chi connectivity index (χ0) is 62.7. The van der Waals surface area contributed by atoms with Gasteiger partial charge in [-0.25, -0.2) is 4.79 Å². The fourth-order valence-electron chi connectivity index (χ4n) is 17.2. The molecule has 0 unspecified atom stereocenters. The summed E-state index contributed by atoms with van der Waals surface area (Å²) < 4.78 is 58.1. The Kier molecular flexibility index (Phi) is 19.2. The summed E-state index contributed by atoms with van der Waals surface area (Å²) >= 11 is 0. The van der Waals surface area contributed by atoms with E-state index in [2.05, 4.69) is 33.4 Å². The number of esters is 1. The zero-order valence-corrected chi connectivity index (χ0v) is 48.9. The van der Waals surface area contributed by atoms with E-state index in [0.29, 0.717) is 57.8 Å². The molecule has 9 fully saturated rings. The van der Waals surface area contributed by atoms with Crippen LogP contribution in [-0.4, -0.2) is 274 Å². The lowest BCUT2D eigenvalue weighted by Crippen LogP contribution is -2.67. The topological polar surface area (TPSA) is 450 Å². The molecule has 5 saturated heterocycles. The van der Waals surface area contributed by atoms with Gasteiger partial charge in [-0.2, -0.15) is 0 Å². The van der Waals surface area contributed by atoms with E-state index in [0.717, 1.165) is 17.6 Å². The minimum atomic E-state index is -1.99. The highest BCUT2D eigenvalue weighted by molar-refractivity contribution is 5.79. The number of fused-ring (bicyclic) bond motifs is 7. The van der Waals surface area contributed by atoms with Crippen molar-refractivity contribution in [1.29, 1.82) is 0 Å². The molecule has 0 amide bonds. The largest absolute Gasteiger partial charge is 0.479 e. The van der Waals surface area contributed by atoms with Crippen molar-refractivity contribution < 1.29 is 139 Å². The van der Waals surface area contributed by atoms with E-state index in [1.165, 1.54) is 6.92 Å². The van der Waals surface area contributed by atoms with Gasteiger partial charge in [-0.05, 0) is 99.2 Å². The Balaban J connectivity index is 0.812. The minimum absolute atomic E-state index is 0.0703. The summed E-state index contributed by atoms with van der Waals surface area (Å²) in [6.45, 7) is 12.4. The maximum absolute atomic E-state index is 15.1. The molecule has 0 spiro atoms. The van der Waals surface area contributed by atoms with E-state index in [9.17, 15) is 86.5 Å². The number of aliphatic hydroxyl groups excluding tert-OH is 15. The summed E-state index contributed by atoms with van der Waals surface area (Å²) in [6, 6.07) is 0. The fraction of sp³-hybridized carbons (Fsp3) is 0.897. The average molecular weight is 1240 g/mol. The van der Waals surface area contributed by atoms with Gasteiger partial charge in [0.25, 0.3) is 0 Å². The number of hydrogen-bond donors (Lipinski definition) is 16. The maximum atomic E-state index is 15.1. The van der Waals surface area contributed by atoms with Gasteiger partial charge in [-0.15, -0.1) is 0 Å². The van der Waals surface area contributed by atoms with Gasteiger partial charge < -0.3 is 129 Å². The summed E-state index contributed by atoms with van der Waals surface area (Å²) in [7, 11) is 0. The first-order valence-corrected chi connectivity index (χ1v) is 30.1. The van der Waals surface area contributed by atoms with Crippen LogP contribution in [-0.2, 0) is 57.0 Å². The first-order valence-electron chi connectivity index (χ1n) is 30.1. The van der Waals surface area contributed by atoms with Crippen molar-refractivity contribution in [3.63, 3.8) is 0 Å². The van der Waals surface area contributed by atoms with Crippen LogP contribution in [0.1, 0.15) is 98.8 Å². The Morgan fingerprint density at radius 2 is 1.26 bits per heavy atom. The lowest BCUT2D eigenvalue weighted by atomic mass is 9.34. The van der Waals surface area contributed by atoms with Gasteiger partial charge in [0, 0.05) is 11.3 Å². The Morgan fingerprint density at radius 1 is 0.628 bits per heavy atom. The summed E-state index contributed by atoms with van der Waals surface area (Å²) in [4.78, 5) is 26.9. The molecular weight excluding hydrogens is 1140 g/mol. The molecule has 4 saturated carbocycles. The predicted molar refractivity (Wildman–Crippen MR) is 285 cm³/mol. The highest BCUT2D eigenvalue weighted by Gasteiger charge is 2.70. The molecule has 28 heteroatoms. The highest BCUT2D eigenvalue weighted by atomic mass is 16.8. The Labute approximate surface area is 496 Å². The van der Waals surface area contributed by atoms with E-state index >= 15 is 4.79 Å². The number of aliphatic carboxylic acids is 1. The summed E-state index contributed by atoms with van der Waals surface area (Å²) in [5.74, 6) is -2.75. The second-order valence-corrected chi connectivity index (χ2v) is 27.1. The Morgan fingerprint density at radius 3 is 1.93 bits per heavy atom. The van der Waals surface area contributed by atoms with Crippen molar-refractivity contribution in [2.24, 2.45) is 44.8 Å². The molecule has 0 aromatic rings. The molecule has 33 atom stereocenters. The molecule has 28 nitrogen and oxygen atoms in total. The summed E-state index contributed by atoms with van der Waals surface area (Å²) in [5, 5.41) is 172. The van der Waals surface area contributed by atoms with Gasteiger partial charge in [-0.3, -0.25) is 4.79 Å². The van der Waals surface area contributed by atoms with Crippen LogP contribution in [0.15, 0.2) is 23.8 Å². The monoisotopic (exact) mass is 1230 g/mol. The molecule has 0 radical (unpaired) electrons. The van der Waals surface area contributed by atoms with E-state index < -0.39 is 202 Å². The number of rotatable bonds is 14. The van der Waals surface area contributed by atoms with Gasteiger partial charge >= 0.3 is 11.9 Å². The van der Waals surface area contributed by atoms with Crippen LogP contribution in [0.25, 0.3) is 0 Å². The molecule has 5 aliphatic heterocycles. The van der Waals surface area contributed by atoms with Gasteiger partial charge in [0.05, 0.1) is 44.1 Å². The zero-order valence-electron chi connectivity index (χ0n) is 48.9. The number of hydrogen-bond acceptors (Lipinski definition) is 27. The van der Waals surface area contributed by atoms with E-state index in [1.54, 1.807) is 0 Å². The Hall–Kier alpha value is -2.54. The van der Waals surface area contributed by atoms with Crippen LogP contribution in [0.3, 0.4) is 0 Å². The SMILES string of the molecule is C=C1CC[C@]2(C(=O)O[C@@H]3O[C@H](CO[C@@H]4O[C@H](CO)[C@@H](O[C@@H]5O[C@@H](C)[C@H](O)[C@@H](O)[C@H]5O)[C@H](O)[C@H]4O)[C@@H](O)[C@H](O)[C@H]3O)CC[C@]3(C)C(=CC[C@@H]4[C@@]5(C)CC[C@H](O[C@@H]6OC[C@H](O)[C@H](O[C@@H]7O[C@H](C(=O)O)[C@@H](O)[C@H](O)[C@H]7O)[C@H]6O)[C@@](C)(CO)[C@@H]5CC[C@]43C)[C@@H]2C1. The second-order valence-electron chi connectivity index (χ2n) is 27.1. The lowest BCUT2D eigenvalue weighted by Gasteiger charge is -2.71. The smallest absolute Gasteiger partial charge is 0.335 e. The molecule has 10 aliphatic rings. The van der Waals surface area contributed by atoms with E-state index in [1.807, 2.05) is 6.92 Å². The number of carbonyl (C=O) groups excluding carboxylic acids is 1. The van der Waals surface area contributed by atoms with Crippen molar-refractivity contribution in [2.75, 3.05) is 26.4 Å². The van der Waals surface area contributed by atoms with Crippen molar-refractivity contribution in [3.05, 3.63) is 23.8 Å². The first-order chi connectivity index (χ1) is 40.4. The minimum Gasteiger partial charge on any atom is -0.479 e. The van der Waals surface area contributed by atoms with E-state index in [-0.39, 0.29) is 35.2 Å². The average Bonchev–Trinajstić information content (AvgIpc) is 0.685. The van der Waals surface area contributed by atoms with Crippen molar-refractivity contribution >= 4 is 11.9 Å². The van der Waals surface area contributed by atoms with Crippen LogP contribution >= 0.6 is 0 Å². The molecule has 0 aromatic heterocycles. The first kappa shape index (κ1) is 66.4. The van der Waals surface area contributed by atoms with Crippen LogP contribution in [0.5, 0.6) is 0 Å². The normalized spacial score (nSPS) is 54.1. The van der Waals surface area contributed by atoms with Crippen LogP contribution in [0, 0.1) is 44.8 Å². The molecular formula is C58H90O28. The lowest BCUT2D eigenvalue weighted by molar-refractivity contribution is -0.361. The number of carbonyl (C=O) groups is 2. The summed E-state index contributed by atoms with van der Waals surface area (Å²) in [6.07, 6.45) is -34.1. The number of ether oxygens (including phenoxy) is 10. The standard InChI is InChI=1S/C58H90O28/c1-22-9-14-58(53(76)86-51-40(70)35(65)33(63)28(81-51)20-78-48-42(72)38(68)45(27(18-59)80-48)84-50-39(69)34(64)32(62)23(2)79-50)16-15-56(5)24(25(58)17-22)7-8-30-54(3)12-11-31(55(4,21-60)29(54)10-13-57(30,56)6)82-49-43(73)44(26(61)19-77-49)83-52-41(71)36(66)37(67)46(85-52)47(74)75/h7,23,25-46,48-52,59-73H,1,8-21H2,2-6H3,(H,74,75)/t23-,25-,26-,27+,28+,29+,30+,31-,32-,33+,34+,35-,36-,37-,38+,39+,40+,41+,42+,43+,44-,45+,46-,48+,49-,50-,51-,52+,54-,55-,56+,57+,58-/m0/s1. The maximum Gasteiger partial charge on any atom is 0.335 e. The molecule has 16 N–H and O–H groups in total. The Bertz CT molecular complexity index is 2470.